The first-order valence-electron chi connectivity index (χ1n) is 6.67. The van der Waals surface area contributed by atoms with E-state index in [-0.39, 0.29) is 6.61 Å². The van der Waals surface area contributed by atoms with Gasteiger partial charge in [0, 0.05) is 25.4 Å². The van der Waals surface area contributed by atoms with Crippen molar-refractivity contribution < 1.29 is 14.3 Å². The van der Waals surface area contributed by atoms with Crippen molar-refractivity contribution in [2.75, 3.05) is 30.9 Å². The molecule has 0 aliphatic rings. The van der Waals surface area contributed by atoms with Gasteiger partial charge in [0.25, 0.3) is 0 Å². The predicted octanol–water partition coefficient (Wildman–Crippen LogP) is 2.10. The summed E-state index contributed by atoms with van der Waals surface area (Å²) in [6, 6.07) is -1.03. The number of rotatable bonds is 10. The Morgan fingerprint density at radius 1 is 1.59 bits per heavy atom. The summed E-state index contributed by atoms with van der Waals surface area (Å²) in [7, 11) is 1.49. The van der Waals surface area contributed by atoms with Gasteiger partial charge in [0.1, 0.15) is 17.3 Å². The molecule has 1 heterocycles. The quantitative estimate of drug-likeness (QED) is 0.375. The number of alkyl halides is 1. The lowest BCUT2D eigenvalue weighted by molar-refractivity contribution is -0.113. The van der Waals surface area contributed by atoms with E-state index in [2.05, 4.69) is 38.0 Å². The van der Waals surface area contributed by atoms with E-state index < -0.39 is 12.1 Å². The molecule has 1 atom stereocenters. The average molecular weight is 391 g/mol. The highest BCUT2D eigenvalue weighted by atomic mass is 79.9. The first kappa shape index (κ1) is 18.7. The van der Waals surface area contributed by atoms with Crippen LogP contribution in [0.4, 0.5) is 9.93 Å². The summed E-state index contributed by atoms with van der Waals surface area (Å²) in [6.45, 7) is 4.21. The van der Waals surface area contributed by atoms with Crippen LogP contribution in [0.2, 0.25) is 0 Å². The van der Waals surface area contributed by atoms with E-state index in [0.717, 1.165) is 16.8 Å². The van der Waals surface area contributed by atoms with Gasteiger partial charge in [0.05, 0.1) is 6.61 Å². The largest absolute Gasteiger partial charge is 0.382 e. The van der Waals surface area contributed by atoms with Gasteiger partial charge in [0.15, 0.2) is 0 Å². The summed E-state index contributed by atoms with van der Waals surface area (Å²) in [5, 5.41) is 12.4. The van der Waals surface area contributed by atoms with E-state index in [0.29, 0.717) is 24.4 Å². The Labute approximate surface area is 141 Å². The number of halogens is 1. The molecule has 0 saturated carbocycles. The summed E-state index contributed by atoms with van der Waals surface area (Å²) in [6.07, 6.45) is 3.75. The number of allylic oxidation sites excluding steroid dienone is 1. The molecular weight excluding hydrogens is 372 g/mol. The Morgan fingerprint density at radius 2 is 2.36 bits per heavy atom. The zero-order valence-corrected chi connectivity index (χ0v) is 14.7. The highest BCUT2D eigenvalue weighted by Crippen LogP contribution is 2.17. The number of nitrogens with zero attached hydrogens (tertiary/aromatic N) is 3. The molecule has 0 saturated heterocycles. The fourth-order valence-corrected chi connectivity index (χ4v) is 2.67. The van der Waals surface area contributed by atoms with E-state index in [9.17, 15) is 9.59 Å². The van der Waals surface area contributed by atoms with Crippen LogP contribution >= 0.6 is 27.3 Å². The van der Waals surface area contributed by atoms with Crippen molar-refractivity contribution in [3.05, 3.63) is 17.7 Å². The molecule has 1 rings (SSSR count). The molecule has 9 heteroatoms. The summed E-state index contributed by atoms with van der Waals surface area (Å²) >= 11 is 4.60. The fourth-order valence-electron chi connectivity index (χ4n) is 1.69. The number of ether oxygens (including phenoxy) is 1. The van der Waals surface area contributed by atoms with E-state index in [1.165, 1.54) is 23.3 Å². The second kappa shape index (κ2) is 10.4. The Morgan fingerprint density at radius 3 is 2.95 bits per heavy atom. The molecule has 0 fully saturated rings. The van der Waals surface area contributed by atoms with Crippen LogP contribution in [0.5, 0.6) is 0 Å². The first-order valence-corrected chi connectivity index (χ1v) is 8.61. The van der Waals surface area contributed by atoms with Gasteiger partial charge >= 0.3 is 6.03 Å². The first-order chi connectivity index (χ1) is 10.7. The molecule has 0 radical (unpaired) electrons. The van der Waals surface area contributed by atoms with Crippen LogP contribution in [0.1, 0.15) is 11.4 Å². The van der Waals surface area contributed by atoms with E-state index >= 15 is 0 Å². The molecule has 1 aromatic rings. The van der Waals surface area contributed by atoms with E-state index in [4.69, 9.17) is 4.74 Å². The van der Waals surface area contributed by atoms with Crippen LogP contribution in [-0.2, 0) is 16.0 Å². The molecule has 0 aliphatic carbocycles. The Bertz CT molecular complexity index is 497. The van der Waals surface area contributed by atoms with Crippen LogP contribution in [0.3, 0.4) is 0 Å². The molecule has 1 N–H and O–H groups in total. The van der Waals surface area contributed by atoms with Crippen molar-refractivity contribution in [3.63, 3.8) is 0 Å². The minimum atomic E-state index is -0.635. The van der Waals surface area contributed by atoms with Crippen molar-refractivity contribution in [2.24, 2.45) is 0 Å². The average Bonchev–Trinajstić information content (AvgIpc) is 2.94. The summed E-state index contributed by atoms with van der Waals surface area (Å²) in [5.74, 6) is 0. The van der Waals surface area contributed by atoms with E-state index in [1.807, 2.05) is 0 Å². The summed E-state index contributed by atoms with van der Waals surface area (Å²) in [5.41, 5.74) is 0. The second-order valence-electron chi connectivity index (χ2n) is 4.32. The molecule has 1 aromatic heterocycles. The van der Waals surface area contributed by atoms with Crippen LogP contribution in [0, 0.1) is 0 Å². The molecule has 2 amide bonds. The minimum absolute atomic E-state index is 0.150. The van der Waals surface area contributed by atoms with Crippen LogP contribution < -0.4 is 5.32 Å². The Kier molecular flexibility index (Phi) is 8.86. The molecule has 0 aromatic carbocycles. The molecular formula is C13H19BrN4O3S. The number of anilines is 1. The van der Waals surface area contributed by atoms with Gasteiger partial charge in [-0.15, -0.1) is 16.8 Å². The van der Waals surface area contributed by atoms with Gasteiger partial charge in [-0.3, -0.25) is 5.32 Å². The van der Waals surface area contributed by atoms with Crippen molar-refractivity contribution in [1.29, 1.82) is 0 Å². The predicted molar refractivity (Wildman–Crippen MR) is 89.7 cm³/mol. The molecule has 22 heavy (non-hydrogen) atoms. The number of aldehydes is 1. The zero-order chi connectivity index (χ0) is 16.4. The molecule has 0 aliphatic heterocycles. The SMILES string of the molecule is C=CCc1nnc(NC(=O)N(CCCBr)C(C=O)COC)s1. The standard InChI is InChI=1S/C13H19BrN4O3S/c1-3-5-11-16-17-12(22-11)15-13(20)18(7-4-6-14)10(8-19)9-21-2/h3,8,10H,1,4-7,9H2,2H3,(H,15,17,20). The van der Waals surface area contributed by atoms with Gasteiger partial charge in [-0.25, -0.2) is 4.79 Å². The van der Waals surface area contributed by atoms with Crippen molar-refractivity contribution >= 4 is 44.7 Å². The molecule has 122 valence electrons. The Hall–Kier alpha value is -1.32. The fraction of sp³-hybridized carbons (Fsp3) is 0.538. The number of methoxy groups -OCH3 is 1. The number of hydrogen-bond acceptors (Lipinski definition) is 6. The normalized spacial score (nSPS) is 11.7. The van der Waals surface area contributed by atoms with Crippen molar-refractivity contribution in [1.82, 2.24) is 15.1 Å². The number of aromatic nitrogens is 2. The zero-order valence-electron chi connectivity index (χ0n) is 12.3. The highest BCUT2D eigenvalue weighted by Gasteiger charge is 2.23. The number of hydrogen-bond donors (Lipinski definition) is 1. The molecule has 0 spiro atoms. The number of nitrogens with one attached hydrogen (secondary N) is 1. The van der Waals surface area contributed by atoms with Gasteiger partial charge < -0.3 is 14.4 Å². The number of carbonyl (C=O) groups excluding carboxylic acids is 2. The highest BCUT2D eigenvalue weighted by molar-refractivity contribution is 9.09. The third kappa shape index (κ3) is 5.82. The van der Waals surface area contributed by atoms with Crippen molar-refractivity contribution in [3.8, 4) is 0 Å². The molecule has 1 unspecified atom stereocenters. The maximum atomic E-state index is 12.4. The number of carbonyl (C=O) groups is 2. The summed E-state index contributed by atoms with van der Waals surface area (Å²) < 4.78 is 4.99. The van der Waals surface area contributed by atoms with Gasteiger partial charge in [-0.05, 0) is 6.42 Å². The lowest BCUT2D eigenvalue weighted by Gasteiger charge is -2.27. The molecule has 0 bridgehead atoms. The van der Waals surface area contributed by atoms with Crippen molar-refractivity contribution in [2.45, 2.75) is 18.9 Å². The van der Waals surface area contributed by atoms with Crippen LogP contribution in [0.25, 0.3) is 0 Å². The third-order valence-electron chi connectivity index (χ3n) is 2.69. The number of amides is 2. The smallest absolute Gasteiger partial charge is 0.324 e. The second-order valence-corrected chi connectivity index (χ2v) is 6.17. The van der Waals surface area contributed by atoms with E-state index in [1.54, 1.807) is 6.08 Å². The number of urea groups is 1. The summed E-state index contributed by atoms with van der Waals surface area (Å²) in [4.78, 5) is 25.0. The van der Waals surface area contributed by atoms with Gasteiger partial charge in [-0.2, -0.15) is 0 Å². The minimum Gasteiger partial charge on any atom is -0.382 e. The lowest BCUT2D eigenvalue weighted by atomic mass is 10.3. The monoisotopic (exact) mass is 390 g/mol. The van der Waals surface area contributed by atoms with Crippen LogP contribution in [0.15, 0.2) is 12.7 Å². The molecule has 7 nitrogen and oxygen atoms in total. The third-order valence-corrected chi connectivity index (χ3v) is 4.11. The topological polar surface area (TPSA) is 84.4 Å². The maximum absolute atomic E-state index is 12.4. The lowest BCUT2D eigenvalue weighted by Crippen LogP contribution is -2.46. The Balaban J connectivity index is 2.76. The van der Waals surface area contributed by atoms with Gasteiger partial charge in [-0.1, -0.05) is 33.3 Å². The van der Waals surface area contributed by atoms with Gasteiger partial charge in [0.2, 0.25) is 5.13 Å². The van der Waals surface area contributed by atoms with Crippen LogP contribution in [-0.4, -0.2) is 59.0 Å². The maximum Gasteiger partial charge on any atom is 0.324 e.